The molecule has 0 saturated carbocycles. The van der Waals surface area contributed by atoms with Gasteiger partial charge in [-0.15, -0.1) is 11.3 Å². The van der Waals surface area contributed by atoms with E-state index in [4.69, 9.17) is 0 Å². The van der Waals surface area contributed by atoms with Gasteiger partial charge in [0.1, 0.15) is 10.7 Å². The molecular weight excluding hydrogens is 290 g/mol. The SMILES string of the molecule is O=C(NCc1nccs1)c1ccc(Br)cn1. The second-order valence-electron chi connectivity index (χ2n) is 2.97. The molecule has 0 aliphatic heterocycles. The average molecular weight is 298 g/mol. The van der Waals surface area contributed by atoms with E-state index in [0.717, 1.165) is 9.48 Å². The van der Waals surface area contributed by atoms with Crippen molar-refractivity contribution in [1.82, 2.24) is 15.3 Å². The molecule has 0 radical (unpaired) electrons. The minimum absolute atomic E-state index is 0.192. The van der Waals surface area contributed by atoms with Crippen LogP contribution in [0.5, 0.6) is 0 Å². The van der Waals surface area contributed by atoms with E-state index in [9.17, 15) is 4.79 Å². The molecule has 0 spiro atoms. The number of halogens is 1. The van der Waals surface area contributed by atoms with Crippen molar-refractivity contribution >= 4 is 33.2 Å². The molecule has 82 valence electrons. The summed E-state index contributed by atoms with van der Waals surface area (Å²) in [5.74, 6) is -0.192. The van der Waals surface area contributed by atoms with Gasteiger partial charge in [-0.2, -0.15) is 0 Å². The molecule has 0 fully saturated rings. The summed E-state index contributed by atoms with van der Waals surface area (Å²) in [6.45, 7) is 0.439. The van der Waals surface area contributed by atoms with E-state index >= 15 is 0 Å². The maximum atomic E-state index is 11.6. The summed E-state index contributed by atoms with van der Waals surface area (Å²) >= 11 is 4.77. The van der Waals surface area contributed by atoms with Crippen LogP contribution in [0.15, 0.2) is 34.4 Å². The van der Waals surface area contributed by atoms with Crippen LogP contribution >= 0.6 is 27.3 Å². The molecule has 2 heterocycles. The van der Waals surface area contributed by atoms with E-state index < -0.39 is 0 Å². The van der Waals surface area contributed by atoms with E-state index in [2.05, 4.69) is 31.2 Å². The van der Waals surface area contributed by atoms with Crippen LogP contribution in [0.2, 0.25) is 0 Å². The van der Waals surface area contributed by atoms with Crippen LogP contribution in [0.3, 0.4) is 0 Å². The van der Waals surface area contributed by atoms with Gasteiger partial charge in [0, 0.05) is 22.2 Å². The van der Waals surface area contributed by atoms with Crippen molar-refractivity contribution in [3.8, 4) is 0 Å². The molecule has 2 aromatic heterocycles. The highest BCUT2D eigenvalue weighted by atomic mass is 79.9. The van der Waals surface area contributed by atoms with E-state index in [1.54, 1.807) is 24.5 Å². The smallest absolute Gasteiger partial charge is 0.270 e. The summed E-state index contributed by atoms with van der Waals surface area (Å²) in [5.41, 5.74) is 0.403. The number of pyridine rings is 1. The van der Waals surface area contributed by atoms with Crippen LogP contribution in [0.1, 0.15) is 15.5 Å². The highest BCUT2D eigenvalue weighted by molar-refractivity contribution is 9.10. The van der Waals surface area contributed by atoms with Gasteiger partial charge in [-0.05, 0) is 28.1 Å². The van der Waals surface area contributed by atoms with E-state index in [-0.39, 0.29) is 5.91 Å². The van der Waals surface area contributed by atoms with Crippen LogP contribution in [0, 0.1) is 0 Å². The topological polar surface area (TPSA) is 54.9 Å². The average Bonchev–Trinajstić information content (AvgIpc) is 2.80. The summed E-state index contributed by atoms with van der Waals surface area (Å²) in [6, 6.07) is 3.45. The van der Waals surface area contributed by atoms with Gasteiger partial charge in [0.15, 0.2) is 0 Å². The maximum absolute atomic E-state index is 11.6. The number of nitrogens with one attached hydrogen (secondary N) is 1. The first-order chi connectivity index (χ1) is 7.75. The first-order valence-corrected chi connectivity index (χ1v) is 6.21. The number of hydrogen-bond acceptors (Lipinski definition) is 4. The Morgan fingerprint density at radius 2 is 2.31 bits per heavy atom. The number of aromatic nitrogens is 2. The van der Waals surface area contributed by atoms with Crippen LogP contribution in [-0.4, -0.2) is 15.9 Å². The summed E-state index contributed by atoms with van der Waals surface area (Å²) in [6.07, 6.45) is 3.31. The Morgan fingerprint density at radius 1 is 1.44 bits per heavy atom. The molecule has 0 aliphatic rings. The van der Waals surface area contributed by atoms with Gasteiger partial charge in [0.05, 0.1) is 6.54 Å². The Balaban J connectivity index is 1.95. The van der Waals surface area contributed by atoms with Crippen molar-refractivity contribution in [3.63, 3.8) is 0 Å². The fourth-order valence-corrected chi connectivity index (χ4v) is 1.89. The highest BCUT2D eigenvalue weighted by Crippen LogP contribution is 2.08. The second-order valence-corrected chi connectivity index (χ2v) is 4.86. The van der Waals surface area contributed by atoms with Crippen molar-refractivity contribution in [2.24, 2.45) is 0 Å². The molecular formula is C10H8BrN3OS. The standard InChI is InChI=1S/C10H8BrN3OS/c11-7-1-2-8(13-5-7)10(15)14-6-9-12-3-4-16-9/h1-5H,6H2,(H,14,15). The summed E-state index contributed by atoms with van der Waals surface area (Å²) < 4.78 is 0.851. The fraction of sp³-hybridized carbons (Fsp3) is 0.100. The Hall–Kier alpha value is -1.27. The largest absolute Gasteiger partial charge is 0.344 e. The number of nitrogens with zero attached hydrogens (tertiary/aromatic N) is 2. The molecule has 0 bridgehead atoms. The molecule has 16 heavy (non-hydrogen) atoms. The van der Waals surface area contributed by atoms with Gasteiger partial charge in [0.25, 0.3) is 5.91 Å². The molecule has 6 heteroatoms. The maximum Gasteiger partial charge on any atom is 0.270 e. The van der Waals surface area contributed by atoms with Crippen LogP contribution < -0.4 is 5.32 Å². The minimum Gasteiger partial charge on any atom is -0.344 e. The molecule has 4 nitrogen and oxygen atoms in total. The summed E-state index contributed by atoms with van der Waals surface area (Å²) in [5, 5.41) is 5.51. The van der Waals surface area contributed by atoms with Gasteiger partial charge in [-0.1, -0.05) is 0 Å². The predicted octanol–water partition coefficient (Wildman–Crippen LogP) is 2.23. The van der Waals surface area contributed by atoms with Crippen molar-refractivity contribution in [2.75, 3.05) is 0 Å². The zero-order valence-corrected chi connectivity index (χ0v) is 10.6. The van der Waals surface area contributed by atoms with Gasteiger partial charge in [0.2, 0.25) is 0 Å². The number of thiazole rings is 1. The van der Waals surface area contributed by atoms with Crippen molar-refractivity contribution in [2.45, 2.75) is 6.54 Å². The Kier molecular flexibility index (Phi) is 3.63. The van der Waals surface area contributed by atoms with Crippen molar-refractivity contribution in [1.29, 1.82) is 0 Å². The summed E-state index contributed by atoms with van der Waals surface area (Å²) in [4.78, 5) is 19.7. The zero-order chi connectivity index (χ0) is 11.4. The van der Waals surface area contributed by atoms with Crippen molar-refractivity contribution < 1.29 is 4.79 Å². The Bertz CT molecular complexity index is 469. The number of carbonyl (C=O) groups excluding carboxylic acids is 1. The third-order valence-corrected chi connectivity index (χ3v) is 3.09. The number of hydrogen-bond donors (Lipinski definition) is 1. The lowest BCUT2D eigenvalue weighted by atomic mass is 10.3. The highest BCUT2D eigenvalue weighted by Gasteiger charge is 2.06. The van der Waals surface area contributed by atoms with Gasteiger partial charge < -0.3 is 5.32 Å². The Morgan fingerprint density at radius 3 is 2.94 bits per heavy atom. The van der Waals surface area contributed by atoms with Gasteiger partial charge >= 0.3 is 0 Å². The molecule has 0 aliphatic carbocycles. The normalized spacial score (nSPS) is 10.1. The monoisotopic (exact) mass is 297 g/mol. The van der Waals surface area contributed by atoms with E-state index in [0.29, 0.717) is 12.2 Å². The molecule has 1 amide bonds. The first kappa shape index (κ1) is 11.2. The zero-order valence-electron chi connectivity index (χ0n) is 8.18. The van der Waals surface area contributed by atoms with Crippen LogP contribution in [-0.2, 0) is 6.54 Å². The molecule has 2 rings (SSSR count). The predicted molar refractivity (Wildman–Crippen MR) is 65.2 cm³/mol. The third-order valence-electron chi connectivity index (χ3n) is 1.84. The molecule has 0 aromatic carbocycles. The van der Waals surface area contributed by atoms with Gasteiger partial charge in [-0.25, -0.2) is 9.97 Å². The molecule has 1 N–H and O–H groups in total. The van der Waals surface area contributed by atoms with Gasteiger partial charge in [-0.3, -0.25) is 4.79 Å². The number of carbonyl (C=O) groups is 1. The summed E-state index contributed by atoms with van der Waals surface area (Å²) in [7, 11) is 0. The van der Waals surface area contributed by atoms with E-state index in [1.807, 2.05) is 5.38 Å². The van der Waals surface area contributed by atoms with Crippen LogP contribution in [0.4, 0.5) is 0 Å². The Labute approximate surface area is 105 Å². The van der Waals surface area contributed by atoms with Crippen LogP contribution in [0.25, 0.3) is 0 Å². The number of rotatable bonds is 3. The van der Waals surface area contributed by atoms with E-state index in [1.165, 1.54) is 11.3 Å². The molecule has 2 aromatic rings. The lowest BCUT2D eigenvalue weighted by molar-refractivity contribution is 0.0946. The minimum atomic E-state index is -0.192. The lowest BCUT2D eigenvalue weighted by Gasteiger charge is -2.01. The molecule has 0 atom stereocenters. The quantitative estimate of drug-likeness (QED) is 0.945. The molecule has 0 saturated heterocycles. The third kappa shape index (κ3) is 2.86. The fourth-order valence-electron chi connectivity index (χ4n) is 1.10. The van der Waals surface area contributed by atoms with Crippen molar-refractivity contribution in [3.05, 3.63) is 45.1 Å². The first-order valence-electron chi connectivity index (χ1n) is 4.54. The number of amides is 1. The molecule has 0 unspecified atom stereocenters. The lowest BCUT2D eigenvalue weighted by Crippen LogP contribution is -2.23. The second kappa shape index (κ2) is 5.18.